The second kappa shape index (κ2) is 5.26. The van der Waals surface area contributed by atoms with Crippen molar-refractivity contribution >= 4 is 11.6 Å². The molecule has 0 saturated carbocycles. The number of hydrogen-bond donors (Lipinski definition) is 2. The predicted octanol–water partition coefficient (Wildman–Crippen LogP) is 1.35. The molecule has 0 aromatic heterocycles. The van der Waals surface area contributed by atoms with E-state index in [0.717, 1.165) is 17.0 Å². The normalized spacial score (nSPS) is 11.4. The van der Waals surface area contributed by atoms with Crippen LogP contribution in [0.2, 0.25) is 0 Å². The molecule has 7 heteroatoms. The van der Waals surface area contributed by atoms with Gasteiger partial charge in [0.15, 0.2) is 0 Å². The first-order chi connectivity index (χ1) is 8.27. The second-order valence-corrected chi connectivity index (χ2v) is 3.75. The van der Waals surface area contributed by atoms with Crippen LogP contribution in [-0.4, -0.2) is 36.1 Å². The number of nitrogen functional groups attached to an aromatic ring is 1. The second-order valence-electron chi connectivity index (χ2n) is 3.75. The fraction of sp³-hybridized carbons (Fsp3) is 0.364. The third-order valence-electron chi connectivity index (χ3n) is 2.39. The summed E-state index contributed by atoms with van der Waals surface area (Å²) >= 11 is 0. The van der Waals surface area contributed by atoms with Crippen LogP contribution in [0.5, 0.6) is 0 Å². The van der Waals surface area contributed by atoms with Crippen molar-refractivity contribution in [2.75, 3.05) is 25.9 Å². The Balaban J connectivity index is 3.12. The Morgan fingerprint density at radius 2 is 2.06 bits per heavy atom. The Bertz CT molecular complexity index is 446. The lowest BCUT2D eigenvalue weighted by Gasteiger charge is -2.18. The molecule has 3 N–H and O–H groups in total. The summed E-state index contributed by atoms with van der Waals surface area (Å²) in [5, 5.41) is 8.68. The number of carbonyl (C=O) groups excluding carboxylic acids is 1. The van der Waals surface area contributed by atoms with Gasteiger partial charge in [0, 0.05) is 19.3 Å². The van der Waals surface area contributed by atoms with Gasteiger partial charge in [0.1, 0.15) is 0 Å². The van der Waals surface area contributed by atoms with Crippen molar-refractivity contribution in [3.8, 4) is 0 Å². The van der Waals surface area contributed by atoms with Crippen LogP contribution in [0.4, 0.5) is 18.9 Å². The third kappa shape index (κ3) is 3.13. The Kier molecular flexibility index (Phi) is 4.18. The average molecular weight is 262 g/mol. The van der Waals surface area contributed by atoms with Gasteiger partial charge in [0.25, 0.3) is 5.91 Å². The molecule has 0 aliphatic rings. The van der Waals surface area contributed by atoms with Crippen molar-refractivity contribution in [1.82, 2.24) is 4.90 Å². The zero-order chi connectivity index (χ0) is 13.9. The summed E-state index contributed by atoms with van der Waals surface area (Å²) in [7, 11) is 1.37. The van der Waals surface area contributed by atoms with Crippen LogP contribution in [0, 0.1) is 0 Å². The fourth-order valence-electron chi connectivity index (χ4n) is 1.37. The van der Waals surface area contributed by atoms with E-state index in [2.05, 4.69) is 0 Å². The fourth-order valence-corrected chi connectivity index (χ4v) is 1.37. The first-order valence-corrected chi connectivity index (χ1v) is 5.10. The van der Waals surface area contributed by atoms with Gasteiger partial charge < -0.3 is 15.7 Å². The molecular formula is C11H13F3N2O2. The molecule has 4 nitrogen and oxygen atoms in total. The maximum absolute atomic E-state index is 12.5. The number of rotatable bonds is 3. The zero-order valence-corrected chi connectivity index (χ0v) is 9.66. The van der Waals surface area contributed by atoms with Gasteiger partial charge in [-0.1, -0.05) is 0 Å². The molecule has 0 atom stereocenters. The van der Waals surface area contributed by atoms with Crippen LogP contribution in [0.15, 0.2) is 18.2 Å². The molecular weight excluding hydrogens is 249 g/mol. The van der Waals surface area contributed by atoms with Crippen LogP contribution in [0.3, 0.4) is 0 Å². The number of carbonyl (C=O) groups is 1. The molecule has 0 saturated heterocycles. The van der Waals surface area contributed by atoms with E-state index in [1.165, 1.54) is 7.05 Å². The van der Waals surface area contributed by atoms with Crippen molar-refractivity contribution in [2.24, 2.45) is 0 Å². The van der Waals surface area contributed by atoms with Crippen molar-refractivity contribution < 1.29 is 23.1 Å². The zero-order valence-electron chi connectivity index (χ0n) is 9.66. The number of alkyl halides is 3. The predicted molar refractivity (Wildman–Crippen MR) is 59.9 cm³/mol. The molecule has 1 aromatic carbocycles. The summed E-state index contributed by atoms with van der Waals surface area (Å²) < 4.78 is 37.5. The number of likely N-dealkylation sites (N-methyl/N-ethyl adjacent to an activating group) is 1. The van der Waals surface area contributed by atoms with Crippen LogP contribution in [0.25, 0.3) is 0 Å². The highest BCUT2D eigenvalue weighted by Crippen LogP contribution is 2.31. The summed E-state index contributed by atoms with van der Waals surface area (Å²) in [6, 6.07) is 2.58. The summed E-state index contributed by atoms with van der Waals surface area (Å²) in [5.41, 5.74) is 4.31. The van der Waals surface area contributed by atoms with Crippen LogP contribution < -0.4 is 5.73 Å². The van der Waals surface area contributed by atoms with Gasteiger partial charge in [-0.25, -0.2) is 0 Å². The quantitative estimate of drug-likeness (QED) is 0.808. The minimum atomic E-state index is -4.53. The summed E-state index contributed by atoms with van der Waals surface area (Å²) in [4.78, 5) is 12.9. The van der Waals surface area contributed by atoms with Crippen molar-refractivity contribution in [2.45, 2.75) is 6.18 Å². The van der Waals surface area contributed by atoms with E-state index in [0.29, 0.717) is 6.07 Å². The molecule has 100 valence electrons. The topological polar surface area (TPSA) is 66.6 Å². The van der Waals surface area contributed by atoms with Gasteiger partial charge in [-0.2, -0.15) is 13.2 Å². The SMILES string of the molecule is CN(CCO)C(=O)c1cc(C(F)(F)F)ccc1N. The van der Waals surface area contributed by atoms with Crippen LogP contribution >= 0.6 is 0 Å². The van der Waals surface area contributed by atoms with Crippen molar-refractivity contribution in [1.29, 1.82) is 0 Å². The molecule has 1 rings (SSSR count). The molecule has 1 amide bonds. The lowest BCUT2D eigenvalue weighted by atomic mass is 10.1. The van der Waals surface area contributed by atoms with Crippen molar-refractivity contribution in [3.05, 3.63) is 29.3 Å². The smallest absolute Gasteiger partial charge is 0.398 e. The van der Waals surface area contributed by atoms with E-state index in [4.69, 9.17) is 10.8 Å². The first kappa shape index (κ1) is 14.3. The summed E-state index contributed by atoms with van der Waals surface area (Å²) in [6.07, 6.45) is -4.53. The number of nitrogens with two attached hydrogens (primary N) is 1. The first-order valence-electron chi connectivity index (χ1n) is 5.10. The Hall–Kier alpha value is -1.76. The molecule has 0 fully saturated rings. The summed E-state index contributed by atoms with van der Waals surface area (Å²) in [6.45, 7) is -0.254. The lowest BCUT2D eigenvalue weighted by Crippen LogP contribution is -2.30. The molecule has 0 spiro atoms. The standard InChI is InChI=1S/C11H13F3N2O2/c1-16(4-5-17)10(18)8-6-7(11(12,13)14)2-3-9(8)15/h2-3,6,17H,4-5,15H2,1H3. The minimum absolute atomic E-state index is 0.0223. The number of aliphatic hydroxyl groups is 1. The monoisotopic (exact) mass is 262 g/mol. The minimum Gasteiger partial charge on any atom is -0.398 e. The number of halogens is 3. The van der Waals surface area contributed by atoms with Gasteiger partial charge in [0.2, 0.25) is 0 Å². The number of hydrogen-bond acceptors (Lipinski definition) is 3. The van der Waals surface area contributed by atoms with E-state index in [1.807, 2.05) is 0 Å². The van der Waals surface area contributed by atoms with E-state index >= 15 is 0 Å². The lowest BCUT2D eigenvalue weighted by molar-refractivity contribution is -0.137. The molecule has 0 unspecified atom stereocenters. The average Bonchev–Trinajstić information content (AvgIpc) is 2.27. The maximum Gasteiger partial charge on any atom is 0.416 e. The molecule has 0 aliphatic carbocycles. The number of amides is 1. The molecule has 0 aliphatic heterocycles. The largest absolute Gasteiger partial charge is 0.416 e. The van der Waals surface area contributed by atoms with Gasteiger partial charge >= 0.3 is 6.18 Å². The van der Waals surface area contributed by atoms with Crippen molar-refractivity contribution in [3.63, 3.8) is 0 Å². The number of aliphatic hydroxyl groups excluding tert-OH is 1. The Morgan fingerprint density at radius 3 is 2.56 bits per heavy atom. The van der Waals surface area contributed by atoms with Gasteiger partial charge in [0.05, 0.1) is 17.7 Å². The molecule has 0 heterocycles. The highest BCUT2D eigenvalue weighted by molar-refractivity contribution is 5.99. The Labute approximate surface area is 102 Å². The molecule has 0 radical (unpaired) electrons. The third-order valence-corrected chi connectivity index (χ3v) is 2.39. The van der Waals surface area contributed by atoms with Gasteiger partial charge in [-0.3, -0.25) is 4.79 Å². The van der Waals surface area contributed by atoms with Crippen LogP contribution in [-0.2, 0) is 6.18 Å². The number of anilines is 1. The van der Waals surface area contributed by atoms with E-state index < -0.39 is 17.6 Å². The summed E-state index contributed by atoms with van der Waals surface area (Å²) in [5.74, 6) is -0.660. The van der Waals surface area contributed by atoms with E-state index in [1.54, 1.807) is 0 Å². The molecule has 1 aromatic rings. The number of nitrogens with zero attached hydrogens (tertiary/aromatic N) is 1. The van der Waals surface area contributed by atoms with E-state index in [9.17, 15) is 18.0 Å². The molecule has 0 bridgehead atoms. The Morgan fingerprint density at radius 1 is 1.44 bits per heavy atom. The van der Waals surface area contributed by atoms with Gasteiger partial charge in [-0.05, 0) is 18.2 Å². The highest BCUT2D eigenvalue weighted by atomic mass is 19.4. The highest BCUT2D eigenvalue weighted by Gasteiger charge is 2.31. The van der Waals surface area contributed by atoms with E-state index in [-0.39, 0.29) is 24.4 Å². The number of benzene rings is 1. The maximum atomic E-state index is 12.5. The molecule has 18 heavy (non-hydrogen) atoms. The van der Waals surface area contributed by atoms with Crippen LogP contribution in [0.1, 0.15) is 15.9 Å². The van der Waals surface area contributed by atoms with Gasteiger partial charge in [-0.15, -0.1) is 0 Å².